The van der Waals surface area contributed by atoms with Crippen LogP contribution < -0.4 is 10.6 Å². The van der Waals surface area contributed by atoms with Gasteiger partial charge in [0.05, 0.1) is 16.7 Å². The molecule has 0 spiro atoms. The Kier molecular flexibility index (Phi) is 4.33. The van der Waals surface area contributed by atoms with Crippen molar-refractivity contribution in [2.45, 2.75) is 0 Å². The van der Waals surface area contributed by atoms with E-state index in [2.05, 4.69) is 20.6 Å². The summed E-state index contributed by atoms with van der Waals surface area (Å²) in [6.45, 7) is 0. The minimum absolute atomic E-state index is 0.326. The number of hydrogen-bond acceptors (Lipinski definition) is 2. The van der Waals surface area contributed by atoms with E-state index in [0.29, 0.717) is 10.8 Å². The van der Waals surface area contributed by atoms with Gasteiger partial charge in [-0.1, -0.05) is 24.3 Å². The number of imidazole rings is 1. The second-order valence-electron chi connectivity index (χ2n) is 5.74. The Hall–Kier alpha value is -3.25. The summed E-state index contributed by atoms with van der Waals surface area (Å²) in [6, 6.07) is 22.0. The van der Waals surface area contributed by atoms with Crippen LogP contribution >= 0.6 is 12.2 Å². The van der Waals surface area contributed by atoms with Crippen LogP contribution in [-0.2, 0) is 0 Å². The first-order chi connectivity index (χ1) is 12.7. The SMILES string of the molecule is Fc1ccccc1NC(=S)Nc1ccc(-c2nc3ccccc3[nH]2)cc1. The molecule has 0 amide bonds. The van der Waals surface area contributed by atoms with Gasteiger partial charge in [-0.2, -0.15) is 0 Å². The Morgan fingerprint density at radius 2 is 1.62 bits per heavy atom. The van der Waals surface area contributed by atoms with E-state index in [1.54, 1.807) is 18.2 Å². The van der Waals surface area contributed by atoms with Crippen LogP contribution in [-0.4, -0.2) is 15.1 Å². The molecule has 3 aromatic carbocycles. The van der Waals surface area contributed by atoms with Gasteiger partial charge in [0.15, 0.2) is 5.11 Å². The van der Waals surface area contributed by atoms with Crippen molar-refractivity contribution < 1.29 is 4.39 Å². The molecule has 0 aliphatic carbocycles. The summed E-state index contributed by atoms with van der Waals surface area (Å²) < 4.78 is 13.7. The summed E-state index contributed by atoms with van der Waals surface area (Å²) in [4.78, 5) is 7.88. The molecule has 4 nitrogen and oxygen atoms in total. The summed E-state index contributed by atoms with van der Waals surface area (Å²) in [6.07, 6.45) is 0. The van der Waals surface area contributed by atoms with Gasteiger partial charge in [0.1, 0.15) is 11.6 Å². The zero-order valence-electron chi connectivity index (χ0n) is 13.7. The highest BCUT2D eigenvalue weighted by molar-refractivity contribution is 7.80. The van der Waals surface area contributed by atoms with Crippen molar-refractivity contribution in [3.05, 3.63) is 78.6 Å². The number of aromatic nitrogens is 2. The maximum absolute atomic E-state index is 13.7. The van der Waals surface area contributed by atoms with Crippen LogP contribution in [0.25, 0.3) is 22.4 Å². The molecule has 0 radical (unpaired) electrons. The third-order valence-corrected chi connectivity index (χ3v) is 4.13. The fourth-order valence-corrected chi connectivity index (χ4v) is 2.88. The fourth-order valence-electron chi connectivity index (χ4n) is 2.65. The number of nitrogens with one attached hydrogen (secondary N) is 3. The summed E-state index contributed by atoms with van der Waals surface area (Å²) in [5.74, 6) is 0.460. The third kappa shape index (κ3) is 3.41. The van der Waals surface area contributed by atoms with E-state index in [9.17, 15) is 4.39 Å². The minimum atomic E-state index is -0.350. The molecule has 0 atom stereocenters. The summed E-state index contributed by atoms with van der Waals surface area (Å²) in [5.41, 5.74) is 4.04. The second kappa shape index (κ2) is 6.93. The Bertz CT molecular complexity index is 1040. The van der Waals surface area contributed by atoms with Crippen molar-refractivity contribution in [2.24, 2.45) is 0 Å². The number of halogens is 1. The predicted octanol–water partition coefficient (Wildman–Crippen LogP) is 5.18. The lowest BCUT2D eigenvalue weighted by molar-refractivity contribution is 0.632. The molecule has 26 heavy (non-hydrogen) atoms. The Labute approximate surface area is 155 Å². The Morgan fingerprint density at radius 3 is 2.38 bits per heavy atom. The van der Waals surface area contributed by atoms with Gasteiger partial charge in [0.25, 0.3) is 0 Å². The molecule has 0 saturated heterocycles. The van der Waals surface area contributed by atoms with Crippen molar-refractivity contribution in [1.29, 1.82) is 0 Å². The first-order valence-electron chi connectivity index (χ1n) is 8.07. The quantitative estimate of drug-likeness (QED) is 0.440. The van der Waals surface area contributed by atoms with Crippen LogP contribution in [0.15, 0.2) is 72.8 Å². The van der Waals surface area contributed by atoms with Gasteiger partial charge >= 0.3 is 0 Å². The smallest absolute Gasteiger partial charge is 0.175 e. The zero-order chi connectivity index (χ0) is 17.9. The van der Waals surface area contributed by atoms with Crippen molar-refractivity contribution in [3.63, 3.8) is 0 Å². The van der Waals surface area contributed by atoms with E-state index >= 15 is 0 Å². The third-order valence-electron chi connectivity index (χ3n) is 3.93. The first-order valence-corrected chi connectivity index (χ1v) is 8.47. The van der Waals surface area contributed by atoms with Crippen molar-refractivity contribution in [1.82, 2.24) is 9.97 Å². The van der Waals surface area contributed by atoms with Gasteiger partial charge in [-0.05, 0) is 60.7 Å². The highest BCUT2D eigenvalue weighted by Gasteiger charge is 2.06. The van der Waals surface area contributed by atoms with Crippen molar-refractivity contribution >= 4 is 39.7 Å². The summed E-state index contributed by atoms with van der Waals surface area (Å²) in [5, 5.41) is 6.22. The van der Waals surface area contributed by atoms with Gasteiger partial charge in [-0.3, -0.25) is 0 Å². The van der Waals surface area contributed by atoms with Crippen molar-refractivity contribution in [2.75, 3.05) is 10.6 Å². The number of benzene rings is 3. The van der Waals surface area contributed by atoms with Crippen LogP contribution in [0.4, 0.5) is 15.8 Å². The van der Waals surface area contributed by atoms with Gasteiger partial charge in [0.2, 0.25) is 0 Å². The van der Waals surface area contributed by atoms with E-state index in [4.69, 9.17) is 12.2 Å². The molecule has 0 aliphatic rings. The molecule has 0 aliphatic heterocycles. The van der Waals surface area contributed by atoms with E-state index in [-0.39, 0.29) is 5.82 Å². The van der Waals surface area contributed by atoms with Crippen LogP contribution in [0.3, 0.4) is 0 Å². The molecule has 4 aromatic rings. The number of para-hydroxylation sites is 3. The maximum Gasteiger partial charge on any atom is 0.175 e. The van der Waals surface area contributed by atoms with E-state index in [1.165, 1.54) is 6.07 Å². The number of anilines is 2. The van der Waals surface area contributed by atoms with Gasteiger partial charge in [-0.25, -0.2) is 9.37 Å². The summed E-state index contributed by atoms with van der Waals surface area (Å²) in [7, 11) is 0. The average molecular weight is 362 g/mol. The normalized spacial score (nSPS) is 10.7. The highest BCUT2D eigenvalue weighted by atomic mass is 32.1. The van der Waals surface area contributed by atoms with E-state index in [1.807, 2.05) is 48.5 Å². The molecule has 1 heterocycles. The maximum atomic E-state index is 13.7. The number of H-pyrrole nitrogens is 1. The number of fused-ring (bicyclic) bond motifs is 1. The topological polar surface area (TPSA) is 52.7 Å². The predicted molar refractivity (Wildman–Crippen MR) is 108 cm³/mol. The molecule has 4 rings (SSSR count). The Morgan fingerprint density at radius 1 is 0.885 bits per heavy atom. The molecular weight excluding hydrogens is 347 g/mol. The second-order valence-corrected chi connectivity index (χ2v) is 6.15. The molecule has 0 bridgehead atoms. The molecule has 0 fully saturated rings. The average Bonchev–Trinajstić information content (AvgIpc) is 3.08. The Balaban J connectivity index is 1.47. The molecule has 0 unspecified atom stereocenters. The molecule has 6 heteroatoms. The fraction of sp³-hybridized carbons (Fsp3) is 0. The van der Waals surface area contributed by atoms with Gasteiger partial charge < -0.3 is 15.6 Å². The summed E-state index contributed by atoms with van der Waals surface area (Å²) >= 11 is 5.24. The lowest BCUT2D eigenvalue weighted by atomic mass is 10.2. The lowest BCUT2D eigenvalue weighted by Gasteiger charge is -2.11. The molecule has 1 aromatic heterocycles. The molecule has 3 N–H and O–H groups in total. The van der Waals surface area contributed by atoms with Gasteiger partial charge in [0, 0.05) is 11.3 Å². The standard InChI is InChI=1S/C20H15FN4S/c21-15-5-1-2-6-16(15)25-20(26)22-14-11-9-13(10-12-14)19-23-17-7-3-4-8-18(17)24-19/h1-12H,(H,23,24)(H2,22,25,26). The zero-order valence-corrected chi connectivity index (χ0v) is 14.5. The lowest BCUT2D eigenvalue weighted by Crippen LogP contribution is -2.19. The highest BCUT2D eigenvalue weighted by Crippen LogP contribution is 2.22. The number of aromatic amines is 1. The first kappa shape index (κ1) is 16.2. The monoisotopic (exact) mass is 362 g/mol. The van der Waals surface area contributed by atoms with Crippen LogP contribution in [0.5, 0.6) is 0 Å². The number of rotatable bonds is 3. The number of thiocarbonyl (C=S) groups is 1. The molecule has 0 saturated carbocycles. The van der Waals surface area contributed by atoms with Crippen molar-refractivity contribution in [3.8, 4) is 11.4 Å². The minimum Gasteiger partial charge on any atom is -0.338 e. The van der Waals surface area contributed by atoms with E-state index < -0.39 is 0 Å². The van der Waals surface area contributed by atoms with Crippen LogP contribution in [0.1, 0.15) is 0 Å². The van der Waals surface area contributed by atoms with Gasteiger partial charge in [-0.15, -0.1) is 0 Å². The van der Waals surface area contributed by atoms with Crippen LogP contribution in [0, 0.1) is 5.82 Å². The van der Waals surface area contributed by atoms with E-state index in [0.717, 1.165) is 28.1 Å². The largest absolute Gasteiger partial charge is 0.338 e. The number of hydrogen-bond donors (Lipinski definition) is 3. The molecular formula is C20H15FN4S. The molecule has 128 valence electrons. The number of nitrogens with zero attached hydrogens (tertiary/aromatic N) is 1. The van der Waals surface area contributed by atoms with Crippen LogP contribution in [0.2, 0.25) is 0 Å².